The molecule has 4 aromatic rings. The topological polar surface area (TPSA) is 87.5 Å². The predicted molar refractivity (Wildman–Crippen MR) is 170 cm³/mol. The molecule has 5 rings (SSSR count). The molecule has 0 radical (unpaired) electrons. The molecule has 1 unspecified atom stereocenters. The lowest BCUT2D eigenvalue weighted by molar-refractivity contribution is -0.138. The Labute approximate surface area is 264 Å². The van der Waals surface area contributed by atoms with Crippen molar-refractivity contribution in [3.8, 4) is 11.5 Å². The van der Waals surface area contributed by atoms with Gasteiger partial charge < -0.3 is 19.5 Å². The summed E-state index contributed by atoms with van der Waals surface area (Å²) in [4.78, 5) is 18.1. The molecule has 1 atom stereocenters. The Morgan fingerprint density at radius 1 is 1.05 bits per heavy atom. The highest BCUT2D eigenvalue weighted by Crippen LogP contribution is 2.40. The predicted octanol–water partition coefficient (Wildman–Crippen LogP) is 7.87. The largest absolute Gasteiger partial charge is 0.490 e. The van der Waals surface area contributed by atoms with Gasteiger partial charge in [-0.25, -0.2) is 9.48 Å². The van der Waals surface area contributed by atoms with E-state index in [9.17, 15) is 4.79 Å². The molecule has 0 aliphatic carbocycles. The molecule has 0 saturated heterocycles. The van der Waals surface area contributed by atoms with Gasteiger partial charge in [-0.1, -0.05) is 90.1 Å². The molecule has 0 bridgehead atoms. The van der Waals surface area contributed by atoms with Crippen molar-refractivity contribution < 1.29 is 19.0 Å². The van der Waals surface area contributed by atoms with Crippen molar-refractivity contribution >= 4 is 46.9 Å². The second kappa shape index (κ2) is 14.0. The first-order valence-corrected chi connectivity index (χ1v) is 15.3. The number of nitrogens with zero attached hydrogens (tertiary/aromatic N) is 3. The number of nitrogens with one attached hydrogen (secondary N) is 1. The van der Waals surface area contributed by atoms with Crippen LogP contribution >= 0.6 is 35.0 Å². The van der Waals surface area contributed by atoms with Crippen molar-refractivity contribution in [1.29, 1.82) is 0 Å². The lowest BCUT2D eigenvalue weighted by Gasteiger charge is -2.28. The highest BCUT2D eigenvalue weighted by Gasteiger charge is 2.36. The molecule has 0 spiro atoms. The van der Waals surface area contributed by atoms with Gasteiger partial charge >= 0.3 is 5.97 Å². The molecule has 0 saturated carbocycles. The number of halogens is 2. The first-order chi connectivity index (χ1) is 20.9. The van der Waals surface area contributed by atoms with Crippen molar-refractivity contribution in [2.45, 2.75) is 37.4 Å². The maximum absolute atomic E-state index is 13.4. The molecule has 0 amide bonds. The number of thioether (sulfide) groups is 1. The van der Waals surface area contributed by atoms with Crippen LogP contribution in [0, 0.1) is 0 Å². The highest BCUT2D eigenvalue weighted by atomic mass is 35.5. The van der Waals surface area contributed by atoms with Crippen molar-refractivity contribution in [1.82, 2.24) is 14.8 Å². The zero-order valence-corrected chi connectivity index (χ0v) is 26.0. The number of rotatable bonds is 12. The first kappa shape index (κ1) is 30.5. The van der Waals surface area contributed by atoms with E-state index in [4.69, 9.17) is 47.5 Å². The Bertz CT molecular complexity index is 1670. The van der Waals surface area contributed by atoms with Gasteiger partial charge in [-0.05, 0) is 49.2 Å². The lowest BCUT2D eigenvalue weighted by atomic mass is 9.95. The van der Waals surface area contributed by atoms with Gasteiger partial charge in [0.25, 0.3) is 0 Å². The summed E-state index contributed by atoms with van der Waals surface area (Å²) in [5.41, 5.74) is 3.58. The summed E-state index contributed by atoms with van der Waals surface area (Å²) in [5, 5.41) is 9.86. The SMILES string of the molecule is C=CCOC(=O)C1=C(C)Nc2nc(SCc3ccccc3Cl)nn2C1c1ccc(OCc2ccccc2Cl)c(OCC)c1. The minimum absolute atomic E-state index is 0.0739. The van der Waals surface area contributed by atoms with Gasteiger partial charge in [0.2, 0.25) is 11.1 Å². The van der Waals surface area contributed by atoms with Crippen LogP contribution in [0.3, 0.4) is 0 Å². The Morgan fingerprint density at radius 3 is 2.47 bits per heavy atom. The van der Waals surface area contributed by atoms with E-state index in [2.05, 4.69) is 11.9 Å². The lowest BCUT2D eigenvalue weighted by Crippen LogP contribution is -2.29. The second-order valence-corrected chi connectivity index (χ2v) is 11.3. The van der Waals surface area contributed by atoms with Gasteiger partial charge in [-0.3, -0.25) is 0 Å². The average molecular weight is 638 g/mol. The monoisotopic (exact) mass is 636 g/mol. The number of hydrogen-bond acceptors (Lipinski definition) is 8. The molecule has 1 aromatic heterocycles. The van der Waals surface area contributed by atoms with Crippen molar-refractivity contribution in [3.63, 3.8) is 0 Å². The van der Waals surface area contributed by atoms with Gasteiger partial charge in [-0.2, -0.15) is 4.98 Å². The Balaban J connectivity index is 1.50. The molecule has 8 nitrogen and oxygen atoms in total. The zero-order chi connectivity index (χ0) is 30.3. The van der Waals surface area contributed by atoms with Crippen LogP contribution in [-0.4, -0.2) is 33.9 Å². The van der Waals surface area contributed by atoms with Crippen LogP contribution in [-0.2, 0) is 21.9 Å². The quantitative estimate of drug-likeness (QED) is 0.0954. The van der Waals surface area contributed by atoms with Gasteiger partial charge in [0.1, 0.15) is 19.3 Å². The third-order valence-electron chi connectivity index (χ3n) is 6.62. The van der Waals surface area contributed by atoms with E-state index < -0.39 is 12.0 Å². The minimum Gasteiger partial charge on any atom is -0.490 e. The number of esters is 1. The van der Waals surface area contributed by atoms with Gasteiger partial charge in [0.05, 0.1) is 12.2 Å². The molecule has 1 N–H and O–H groups in total. The molecular weight excluding hydrogens is 607 g/mol. The number of carbonyl (C=O) groups excluding carboxylic acids is 1. The van der Waals surface area contributed by atoms with Crippen LogP contribution in [0.5, 0.6) is 11.5 Å². The fraction of sp³-hybridized carbons (Fsp3) is 0.219. The number of carbonyl (C=O) groups is 1. The van der Waals surface area contributed by atoms with E-state index in [-0.39, 0.29) is 13.2 Å². The van der Waals surface area contributed by atoms with Crippen molar-refractivity contribution in [3.05, 3.63) is 117 Å². The third kappa shape index (κ3) is 7.01. The van der Waals surface area contributed by atoms with Gasteiger partial charge in [0.15, 0.2) is 11.5 Å². The Kier molecular flexibility index (Phi) is 9.97. The summed E-state index contributed by atoms with van der Waals surface area (Å²) < 4.78 is 19.3. The first-order valence-electron chi connectivity index (χ1n) is 13.6. The number of allylic oxidation sites excluding steroid dienone is 1. The van der Waals surface area contributed by atoms with E-state index in [1.54, 1.807) is 4.68 Å². The molecule has 1 aliphatic rings. The molecule has 222 valence electrons. The molecule has 3 aromatic carbocycles. The summed E-state index contributed by atoms with van der Waals surface area (Å²) in [5.74, 6) is 1.67. The highest BCUT2D eigenvalue weighted by molar-refractivity contribution is 7.98. The summed E-state index contributed by atoms with van der Waals surface area (Å²) >= 11 is 14.1. The fourth-order valence-electron chi connectivity index (χ4n) is 4.59. The standard InChI is InChI=1S/C32H30Cl2N4O4S/c1-4-16-41-30(39)28-20(3)35-31-36-32(43-19-23-11-7-9-13-25(23)34)37-38(31)29(28)21-14-15-26(27(17-21)40-5-2)42-18-22-10-6-8-12-24(22)33/h4,6-15,17,29H,1,5,16,18-19H2,2-3H3,(H,35,36,37). The summed E-state index contributed by atoms with van der Waals surface area (Å²) in [6.45, 7) is 8.14. The van der Waals surface area contributed by atoms with Crippen LogP contribution in [0.15, 0.2) is 95.8 Å². The summed E-state index contributed by atoms with van der Waals surface area (Å²) in [6.07, 6.45) is 1.53. The van der Waals surface area contributed by atoms with E-state index in [1.165, 1.54) is 17.8 Å². The molecule has 1 aliphatic heterocycles. The van der Waals surface area contributed by atoms with Crippen LogP contribution < -0.4 is 14.8 Å². The number of fused-ring (bicyclic) bond motifs is 1. The third-order valence-corrected chi connectivity index (χ3v) is 8.25. The molecule has 0 fully saturated rings. The van der Waals surface area contributed by atoms with E-state index in [1.807, 2.05) is 80.6 Å². The maximum atomic E-state index is 13.4. The van der Waals surface area contributed by atoms with Crippen LogP contribution in [0.4, 0.5) is 5.95 Å². The second-order valence-electron chi connectivity index (χ2n) is 9.52. The van der Waals surface area contributed by atoms with Crippen LogP contribution in [0.1, 0.15) is 36.6 Å². The van der Waals surface area contributed by atoms with Crippen molar-refractivity contribution in [2.24, 2.45) is 0 Å². The van der Waals surface area contributed by atoms with E-state index in [0.717, 1.165) is 16.7 Å². The Hall–Kier alpha value is -3.92. The summed E-state index contributed by atoms with van der Waals surface area (Å²) in [6, 6.07) is 20.1. The summed E-state index contributed by atoms with van der Waals surface area (Å²) in [7, 11) is 0. The normalized spacial score (nSPS) is 14.1. The number of anilines is 1. The number of ether oxygens (including phenoxy) is 3. The fourth-order valence-corrected chi connectivity index (χ4v) is 5.89. The van der Waals surface area contributed by atoms with Gasteiger partial charge in [-0.15, -0.1) is 5.10 Å². The number of hydrogen-bond donors (Lipinski definition) is 1. The van der Waals surface area contributed by atoms with Gasteiger partial charge in [0, 0.05) is 27.1 Å². The molecule has 11 heteroatoms. The van der Waals surface area contributed by atoms with Crippen LogP contribution in [0.2, 0.25) is 10.0 Å². The number of aromatic nitrogens is 3. The molecule has 2 heterocycles. The average Bonchev–Trinajstić information content (AvgIpc) is 3.41. The smallest absolute Gasteiger partial charge is 0.338 e. The van der Waals surface area contributed by atoms with E-state index in [0.29, 0.717) is 56.3 Å². The van der Waals surface area contributed by atoms with E-state index >= 15 is 0 Å². The maximum Gasteiger partial charge on any atom is 0.338 e. The molecule has 43 heavy (non-hydrogen) atoms. The Morgan fingerprint density at radius 2 is 1.77 bits per heavy atom. The van der Waals surface area contributed by atoms with Crippen molar-refractivity contribution in [2.75, 3.05) is 18.5 Å². The molecular formula is C32H30Cl2N4O4S. The minimum atomic E-state index is -0.646. The van der Waals surface area contributed by atoms with Crippen LogP contribution in [0.25, 0.3) is 0 Å². The zero-order valence-electron chi connectivity index (χ0n) is 23.7. The number of benzene rings is 3.